The molecule has 1 aromatic heterocycles. The van der Waals surface area contributed by atoms with Crippen LogP contribution in [0.15, 0.2) is 41.4 Å². The summed E-state index contributed by atoms with van der Waals surface area (Å²) in [5.41, 5.74) is 2.25. The molecule has 0 saturated heterocycles. The van der Waals surface area contributed by atoms with E-state index < -0.39 is 0 Å². The number of anilines is 2. The lowest BCUT2D eigenvalue weighted by Crippen LogP contribution is -1.97. The van der Waals surface area contributed by atoms with Gasteiger partial charge in [-0.1, -0.05) is 6.07 Å². The van der Waals surface area contributed by atoms with Crippen LogP contribution in [0.4, 0.5) is 11.4 Å². The zero-order chi connectivity index (χ0) is 14.4. The van der Waals surface area contributed by atoms with Crippen LogP contribution in [0.5, 0.6) is 5.88 Å². The predicted octanol–water partition coefficient (Wildman–Crippen LogP) is 3.82. The molecule has 0 spiro atoms. The average Bonchev–Trinajstić information content (AvgIpc) is 2.49. The van der Waals surface area contributed by atoms with Crippen LogP contribution >= 0.6 is 11.8 Å². The SMILES string of the molecule is CCOc1ccc(Nc2cccc(SC)c2C#N)cn1. The van der Waals surface area contributed by atoms with Gasteiger partial charge in [0.2, 0.25) is 5.88 Å². The van der Waals surface area contributed by atoms with E-state index in [1.807, 2.05) is 37.4 Å². The van der Waals surface area contributed by atoms with E-state index in [-0.39, 0.29) is 0 Å². The van der Waals surface area contributed by atoms with Crippen LogP contribution < -0.4 is 10.1 Å². The number of hydrogen-bond acceptors (Lipinski definition) is 5. The van der Waals surface area contributed by atoms with Gasteiger partial charge in [0.25, 0.3) is 0 Å². The predicted molar refractivity (Wildman–Crippen MR) is 81.6 cm³/mol. The van der Waals surface area contributed by atoms with Crippen LogP contribution in [-0.2, 0) is 0 Å². The maximum Gasteiger partial charge on any atom is 0.213 e. The summed E-state index contributed by atoms with van der Waals surface area (Å²) < 4.78 is 5.30. The van der Waals surface area contributed by atoms with Crippen molar-refractivity contribution in [1.29, 1.82) is 5.26 Å². The molecule has 2 rings (SSSR count). The minimum absolute atomic E-state index is 0.591. The van der Waals surface area contributed by atoms with E-state index in [1.54, 1.807) is 24.0 Å². The largest absolute Gasteiger partial charge is 0.478 e. The van der Waals surface area contributed by atoms with Gasteiger partial charge in [-0.05, 0) is 31.4 Å². The Kier molecular flexibility index (Phi) is 4.85. The minimum atomic E-state index is 0.591. The summed E-state index contributed by atoms with van der Waals surface area (Å²) >= 11 is 1.56. The third kappa shape index (κ3) is 3.22. The van der Waals surface area contributed by atoms with Gasteiger partial charge in [-0.25, -0.2) is 4.98 Å². The topological polar surface area (TPSA) is 57.9 Å². The fourth-order valence-electron chi connectivity index (χ4n) is 1.76. The molecular formula is C15H15N3OS. The number of rotatable bonds is 5. The number of thioether (sulfide) groups is 1. The molecule has 1 N–H and O–H groups in total. The Morgan fingerprint density at radius 2 is 2.20 bits per heavy atom. The number of nitrogens with one attached hydrogen (secondary N) is 1. The first-order valence-corrected chi connectivity index (χ1v) is 7.44. The van der Waals surface area contributed by atoms with Gasteiger partial charge in [0, 0.05) is 11.0 Å². The molecule has 0 atom stereocenters. The van der Waals surface area contributed by atoms with Crippen LogP contribution in [0.1, 0.15) is 12.5 Å². The summed E-state index contributed by atoms with van der Waals surface area (Å²) in [4.78, 5) is 5.14. The molecule has 0 aliphatic carbocycles. The molecular weight excluding hydrogens is 270 g/mol. The van der Waals surface area contributed by atoms with Crippen molar-refractivity contribution in [3.05, 3.63) is 42.1 Å². The zero-order valence-electron chi connectivity index (χ0n) is 11.4. The highest BCUT2D eigenvalue weighted by Gasteiger charge is 2.07. The third-order valence-corrected chi connectivity index (χ3v) is 3.45. The standard InChI is InChI=1S/C15H15N3OS/c1-3-19-15-8-7-11(10-17-15)18-13-5-4-6-14(20-2)12(13)9-16/h4-8,10,18H,3H2,1-2H3. The van der Waals surface area contributed by atoms with Crippen molar-refractivity contribution >= 4 is 23.1 Å². The minimum Gasteiger partial charge on any atom is -0.478 e. The molecule has 1 aromatic carbocycles. The van der Waals surface area contributed by atoms with Crippen molar-refractivity contribution in [2.45, 2.75) is 11.8 Å². The Hall–Kier alpha value is -2.19. The zero-order valence-corrected chi connectivity index (χ0v) is 12.2. The van der Waals surface area contributed by atoms with Crippen molar-refractivity contribution in [3.8, 4) is 11.9 Å². The second kappa shape index (κ2) is 6.83. The van der Waals surface area contributed by atoms with Crippen LogP contribution in [0, 0.1) is 11.3 Å². The molecule has 0 fully saturated rings. The Bertz CT molecular complexity index is 620. The van der Waals surface area contributed by atoms with Crippen LogP contribution in [-0.4, -0.2) is 17.8 Å². The van der Waals surface area contributed by atoms with Crippen LogP contribution in [0.3, 0.4) is 0 Å². The van der Waals surface area contributed by atoms with Gasteiger partial charge < -0.3 is 10.1 Å². The third-order valence-electron chi connectivity index (χ3n) is 2.67. The van der Waals surface area contributed by atoms with Crippen LogP contribution in [0.2, 0.25) is 0 Å². The van der Waals surface area contributed by atoms with Gasteiger partial charge in [-0.3, -0.25) is 0 Å². The molecule has 0 aliphatic heterocycles. The lowest BCUT2D eigenvalue weighted by Gasteiger charge is -2.10. The Morgan fingerprint density at radius 3 is 2.80 bits per heavy atom. The first kappa shape index (κ1) is 14.2. The first-order valence-electron chi connectivity index (χ1n) is 6.21. The van der Waals surface area contributed by atoms with Crippen molar-refractivity contribution in [2.75, 3.05) is 18.2 Å². The number of nitrogens with zero attached hydrogens (tertiary/aromatic N) is 2. The number of ether oxygens (including phenoxy) is 1. The fraction of sp³-hybridized carbons (Fsp3) is 0.200. The van der Waals surface area contributed by atoms with E-state index in [0.717, 1.165) is 16.3 Å². The molecule has 0 amide bonds. The Morgan fingerprint density at radius 1 is 1.35 bits per heavy atom. The quantitative estimate of drug-likeness (QED) is 0.846. The Balaban J connectivity index is 2.24. The molecule has 0 aliphatic rings. The van der Waals surface area contributed by atoms with Crippen molar-refractivity contribution in [3.63, 3.8) is 0 Å². The fourth-order valence-corrected chi connectivity index (χ4v) is 2.34. The van der Waals surface area contributed by atoms with Gasteiger partial charge >= 0.3 is 0 Å². The summed E-state index contributed by atoms with van der Waals surface area (Å²) in [6, 6.07) is 11.7. The number of nitriles is 1. The Labute approximate surface area is 122 Å². The number of benzene rings is 1. The van der Waals surface area contributed by atoms with Gasteiger partial charge in [0.05, 0.1) is 29.7 Å². The number of pyridine rings is 1. The molecule has 0 radical (unpaired) electrons. The van der Waals surface area contributed by atoms with Gasteiger partial charge in [0.1, 0.15) is 6.07 Å². The maximum absolute atomic E-state index is 9.28. The molecule has 0 bridgehead atoms. The summed E-state index contributed by atoms with van der Waals surface area (Å²) in [6.07, 6.45) is 3.65. The molecule has 20 heavy (non-hydrogen) atoms. The summed E-state index contributed by atoms with van der Waals surface area (Å²) in [6.45, 7) is 2.51. The number of aromatic nitrogens is 1. The second-order valence-electron chi connectivity index (χ2n) is 3.94. The van der Waals surface area contributed by atoms with E-state index in [1.165, 1.54) is 0 Å². The van der Waals surface area contributed by atoms with E-state index >= 15 is 0 Å². The summed E-state index contributed by atoms with van der Waals surface area (Å²) in [7, 11) is 0. The molecule has 0 unspecified atom stereocenters. The molecule has 5 heteroatoms. The smallest absolute Gasteiger partial charge is 0.213 e. The average molecular weight is 285 g/mol. The molecule has 102 valence electrons. The second-order valence-corrected chi connectivity index (χ2v) is 4.79. The highest BCUT2D eigenvalue weighted by atomic mass is 32.2. The van der Waals surface area contributed by atoms with Gasteiger partial charge in [-0.15, -0.1) is 11.8 Å². The normalized spacial score (nSPS) is 9.85. The van der Waals surface area contributed by atoms with E-state index in [4.69, 9.17) is 4.74 Å². The number of hydrogen-bond donors (Lipinski definition) is 1. The first-order chi connectivity index (χ1) is 9.78. The molecule has 4 nitrogen and oxygen atoms in total. The van der Waals surface area contributed by atoms with Crippen LogP contribution in [0.25, 0.3) is 0 Å². The van der Waals surface area contributed by atoms with E-state index in [2.05, 4.69) is 16.4 Å². The lowest BCUT2D eigenvalue weighted by molar-refractivity contribution is 0.327. The highest BCUT2D eigenvalue weighted by molar-refractivity contribution is 7.98. The van der Waals surface area contributed by atoms with Gasteiger partial charge in [0.15, 0.2) is 0 Å². The van der Waals surface area contributed by atoms with Crippen molar-refractivity contribution in [2.24, 2.45) is 0 Å². The van der Waals surface area contributed by atoms with E-state index in [9.17, 15) is 5.26 Å². The van der Waals surface area contributed by atoms with E-state index in [0.29, 0.717) is 18.1 Å². The maximum atomic E-state index is 9.28. The summed E-state index contributed by atoms with van der Waals surface area (Å²) in [5.74, 6) is 0.594. The lowest BCUT2D eigenvalue weighted by atomic mass is 10.2. The highest BCUT2D eigenvalue weighted by Crippen LogP contribution is 2.28. The van der Waals surface area contributed by atoms with Crippen molar-refractivity contribution < 1.29 is 4.74 Å². The summed E-state index contributed by atoms with van der Waals surface area (Å²) in [5, 5.41) is 12.5. The molecule has 0 saturated carbocycles. The monoisotopic (exact) mass is 285 g/mol. The van der Waals surface area contributed by atoms with Crippen molar-refractivity contribution in [1.82, 2.24) is 4.98 Å². The van der Waals surface area contributed by atoms with Gasteiger partial charge in [-0.2, -0.15) is 5.26 Å². The molecule has 1 heterocycles. The molecule has 2 aromatic rings.